The maximum Gasteiger partial charge on any atom is 0.268 e. The van der Waals surface area contributed by atoms with Crippen molar-refractivity contribution in [3.05, 3.63) is 51.1 Å². The zero-order chi connectivity index (χ0) is 14.9. The van der Waals surface area contributed by atoms with Gasteiger partial charge in [-0.25, -0.2) is 4.39 Å². The smallest absolute Gasteiger partial charge is 0.268 e. The number of aromatic amines is 1. The maximum atomic E-state index is 13.7. The second kappa shape index (κ2) is 4.87. The monoisotopic (exact) mass is 268 g/mol. The van der Waals surface area contributed by atoms with Crippen LogP contribution in [-0.4, -0.2) is 4.98 Å². The van der Waals surface area contributed by atoms with E-state index < -0.39 is 11.4 Å². The SMILES string of the molecule is Cc1c(F)cccc1-c1c(C#N)c(N)[nH]c(=O)c1C#N. The second-order valence-electron chi connectivity index (χ2n) is 4.13. The van der Waals surface area contributed by atoms with Crippen molar-refractivity contribution in [2.24, 2.45) is 0 Å². The summed E-state index contributed by atoms with van der Waals surface area (Å²) in [6.07, 6.45) is 0. The van der Waals surface area contributed by atoms with Crippen LogP contribution in [0.4, 0.5) is 10.2 Å². The Kier molecular flexibility index (Phi) is 3.24. The van der Waals surface area contributed by atoms with Gasteiger partial charge in [-0.15, -0.1) is 0 Å². The number of H-pyrrole nitrogens is 1. The molecule has 0 atom stereocenters. The fourth-order valence-electron chi connectivity index (χ4n) is 1.99. The number of nitrogen functional groups attached to an aromatic ring is 1. The van der Waals surface area contributed by atoms with E-state index in [0.717, 1.165) is 0 Å². The van der Waals surface area contributed by atoms with Crippen LogP contribution < -0.4 is 11.3 Å². The Morgan fingerprint density at radius 3 is 2.50 bits per heavy atom. The predicted molar refractivity (Wildman–Crippen MR) is 71.0 cm³/mol. The molecule has 0 saturated carbocycles. The fraction of sp³-hybridized carbons (Fsp3) is 0.0714. The van der Waals surface area contributed by atoms with Crippen molar-refractivity contribution in [2.45, 2.75) is 6.92 Å². The van der Waals surface area contributed by atoms with Gasteiger partial charge in [0.2, 0.25) is 0 Å². The van der Waals surface area contributed by atoms with E-state index in [1.54, 1.807) is 6.07 Å². The molecule has 2 rings (SSSR count). The van der Waals surface area contributed by atoms with Crippen LogP contribution in [-0.2, 0) is 0 Å². The highest BCUT2D eigenvalue weighted by atomic mass is 19.1. The van der Waals surface area contributed by atoms with Crippen LogP contribution in [0, 0.1) is 35.4 Å². The van der Waals surface area contributed by atoms with E-state index in [1.165, 1.54) is 25.1 Å². The third-order valence-electron chi connectivity index (χ3n) is 3.01. The van der Waals surface area contributed by atoms with Crippen LogP contribution in [0.2, 0.25) is 0 Å². The highest BCUT2D eigenvalue weighted by Gasteiger charge is 2.20. The lowest BCUT2D eigenvalue weighted by Gasteiger charge is -2.11. The Morgan fingerprint density at radius 1 is 1.25 bits per heavy atom. The summed E-state index contributed by atoms with van der Waals surface area (Å²) >= 11 is 0. The van der Waals surface area contributed by atoms with E-state index in [1.807, 2.05) is 6.07 Å². The van der Waals surface area contributed by atoms with Crippen molar-refractivity contribution < 1.29 is 4.39 Å². The van der Waals surface area contributed by atoms with Gasteiger partial charge < -0.3 is 10.7 Å². The number of nitrogens with two attached hydrogens (primary N) is 1. The molecule has 0 aliphatic carbocycles. The lowest BCUT2D eigenvalue weighted by Crippen LogP contribution is -2.16. The van der Waals surface area contributed by atoms with Crippen LogP contribution in [0.3, 0.4) is 0 Å². The number of hydrogen-bond donors (Lipinski definition) is 2. The van der Waals surface area contributed by atoms with Crippen molar-refractivity contribution in [2.75, 3.05) is 5.73 Å². The number of nitriles is 2. The van der Waals surface area contributed by atoms with Gasteiger partial charge in [0, 0.05) is 5.56 Å². The van der Waals surface area contributed by atoms with Crippen molar-refractivity contribution in [3.63, 3.8) is 0 Å². The summed E-state index contributed by atoms with van der Waals surface area (Å²) in [6.45, 7) is 1.50. The first-order chi connectivity index (χ1) is 9.51. The molecule has 98 valence electrons. The van der Waals surface area contributed by atoms with Crippen LogP contribution in [0.15, 0.2) is 23.0 Å². The van der Waals surface area contributed by atoms with Crippen LogP contribution in [0.5, 0.6) is 0 Å². The van der Waals surface area contributed by atoms with Crippen molar-refractivity contribution in [1.29, 1.82) is 10.5 Å². The summed E-state index contributed by atoms with van der Waals surface area (Å²) in [5.41, 5.74) is 5.19. The Bertz CT molecular complexity index is 840. The molecule has 2 aromatic rings. The molecule has 0 aliphatic heterocycles. The molecule has 1 aromatic carbocycles. The van der Waals surface area contributed by atoms with E-state index in [4.69, 9.17) is 11.0 Å². The summed E-state index contributed by atoms with van der Waals surface area (Å²) in [7, 11) is 0. The van der Waals surface area contributed by atoms with Gasteiger partial charge in [-0.1, -0.05) is 12.1 Å². The third kappa shape index (κ3) is 1.90. The molecule has 0 aliphatic rings. The first-order valence-corrected chi connectivity index (χ1v) is 5.62. The molecule has 0 saturated heterocycles. The standard InChI is InChI=1S/C14H9FN4O/c1-7-8(3-2-4-11(7)15)12-9(5-16)13(18)19-14(20)10(12)6-17/h2-4H,1H3,(H3,18,19,20). The lowest BCUT2D eigenvalue weighted by molar-refractivity contribution is 0.619. The molecule has 0 radical (unpaired) electrons. The van der Waals surface area contributed by atoms with Crippen LogP contribution in [0.1, 0.15) is 16.7 Å². The first kappa shape index (κ1) is 13.3. The minimum absolute atomic E-state index is 0.0464. The largest absolute Gasteiger partial charge is 0.384 e. The van der Waals surface area contributed by atoms with E-state index in [0.29, 0.717) is 5.56 Å². The molecule has 3 N–H and O–H groups in total. The quantitative estimate of drug-likeness (QED) is 0.822. The average Bonchev–Trinajstić information content (AvgIpc) is 2.41. The normalized spacial score (nSPS) is 9.80. The van der Waals surface area contributed by atoms with Gasteiger partial charge in [0.25, 0.3) is 5.56 Å². The number of aromatic nitrogens is 1. The van der Waals surface area contributed by atoms with E-state index >= 15 is 0 Å². The molecule has 0 fully saturated rings. The predicted octanol–water partition coefficient (Wildman–Crippen LogP) is 1.81. The molecule has 0 amide bonds. The molecule has 1 heterocycles. The number of halogens is 1. The molecule has 0 bridgehead atoms. The number of nitrogens with one attached hydrogen (secondary N) is 1. The minimum Gasteiger partial charge on any atom is -0.384 e. The second-order valence-corrected chi connectivity index (χ2v) is 4.13. The average molecular weight is 268 g/mol. The van der Waals surface area contributed by atoms with Crippen molar-refractivity contribution in [1.82, 2.24) is 4.98 Å². The molecule has 0 unspecified atom stereocenters. The van der Waals surface area contributed by atoms with Gasteiger partial charge in [0.05, 0.1) is 0 Å². The van der Waals surface area contributed by atoms with E-state index in [9.17, 15) is 14.4 Å². The van der Waals surface area contributed by atoms with Crippen molar-refractivity contribution >= 4 is 5.82 Å². The molecule has 20 heavy (non-hydrogen) atoms. The van der Waals surface area contributed by atoms with E-state index in [2.05, 4.69) is 4.98 Å². The van der Waals surface area contributed by atoms with Crippen LogP contribution in [0.25, 0.3) is 11.1 Å². The molecule has 0 spiro atoms. The summed E-state index contributed by atoms with van der Waals surface area (Å²) < 4.78 is 13.7. The third-order valence-corrected chi connectivity index (χ3v) is 3.01. The van der Waals surface area contributed by atoms with Crippen molar-refractivity contribution in [3.8, 4) is 23.3 Å². The van der Waals surface area contributed by atoms with Crippen LogP contribution >= 0.6 is 0 Å². The number of hydrogen-bond acceptors (Lipinski definition) is 4. The first-order valence-electron chi connectivity index (χ1n) is 5.62. The van der Waals surface area contributed by atoms with E-state index in [-0.39, 0.29) is 28.1 Å². The van der Waals surface area contributed by atoms with Gasteiger partial charge in [0.1, 0.15) is 34.9 Å². The molecule has 6 heteroatoms. The summed E-state index contributed by atoms with van der Waals surface area (Å²) in [6, 6.07) is 7.82. The number of rotatable bonds is 1. The lowest BCUT2D eigenvalue weighted by atomic mass is 9.93. The molecule has 1 aromatic heterocycles. The highest BCUT2D eigenvalue weighted by molar-refractivity contribution is 5.81. The van der Waals surface area contributed by atoms with Gasteiger partial charge in [-0.05, 0) is 24.1 Å². The fourth-order valence-corrected chi connectivity index (χ4v) is 1.99. The Balaban J connectivity index is 3.01. The maximum absolute atomic E-state index is 13.7. The topological polar surface area (TPSA) is 106 Å². The number of anilines is 1. The summed E-state index contributed by atoms with van der Waals surface area (Å²) in [4.78, 5) is 14.0. The Morgan fingerprint density at radius 2 is 1.90 bits per heavy atom. The van der Waals surface area contributed by atoms with Gasteiger partial charge >= 0.3 is 0 Å². The molecular weight excluding hydrogens is 259 g/mol. The van der Waals surface area contributed by atoms with Gasteiger partial charge in [0.15, 0.2) is 0 Å². The minimum atomic E-state index is -0.706. The number of pyridine rings is 1. The molecule has 5 nitrogen and oxygen atoms in total. The Labute approximate surface area is 113 Å². The zero-order valence-corrected chi connectivity index (χ0v) is 10.5. The molecular formula is C14H9FN4O. The van der Waals surface area contributed by atoms with Gasteiger partial charge in [-0.3, -0.25) is 4.79 Å². The Hall–Kier alpha value is -3.12. The highest BCUT2D eigenvalue weighted by Crippen LogP contribution is 2.31. The number of benzene rings is 1. The number of nitrogens with zero attached hydrogens (tertiary/aromatic N) is 2. The summed E-state index contributed by atoms with van der Waals surface area (Å²) in [5, 5.41) is 18.3. The van der Waals surface area contributed by atoms with Gasteiger partial charge in [-0.2, -0.15) is 10.5 Å². The summed E-state index contributed by atoms with van der Waals surface area (Å²) in [5.74, 6) is -0.635. The zero-order valence-electron chi connectivity index (χ0n) is 10.5.